The molecule has 8 nitrogen and oxygen atoms in total. The van der Waals surface area contributed by atoms with Gasteiger partial charge in [0.15, 0.2) is 45.5 Å². The van der Waals surface area contributed by atoms with Gasteiger partial charge in [0.25, 0.3) is 0 Å². The maximum atomic E-state index is 13.8. The molecule has 0 aromatic carbocycles. The highest BCUT2D eigenvalue weighted by molar-refractivity contribution is 6.73. The monoisotopic (exact) mass is 642 g/mol. The van der Waals surface area contributed by atoms with Crippen LogP contribution in [-0.4, -0.2) is 86.3 Å². The maximum Gasteiger partial charge on any atom is 0.323 e. The fourth-order valence-electron chi connectivity index (χ4n) is 3.40. The standard InChI is InChI=1S/C24H58O8Si6/c1-33(2,3)27-19(21(29-35(7,8)9)23(25)31-37(13,14)15)20(28-34(4,5)6)22(30-36(10,11)12)24(26)32-38(16,17)18/h19-22H,1-18H3/t19-,20-,21-,22+/m0/s1. The quantitative estimate of drug-likeness (QED) is 0.184. The van der Waals surface area contributed by atoms with E-state index < -0.39 is 86.3 Å². The molecule has 0 aliphatic heterocycles. The Hall–Kier alpha value is 0.0813. The highest BCUT2D eigenvalue weighted by atomic mass is 28.4. The Morgan fingerprint density at radius 3 is 0.737 bits per heavy atom. The van der Waals surface area contributed by atoms with Crippen LogP contribution in [0.15, 0.2) is 0 Å². The van der Waals surface area contributed by atoms with Gasteiger partial charge in [-0.3, -0.25) is 9.59 Å². The Labute approximate surface area is 239 Å². The van der Waals surface area contributed by atoms with Crippen LogP contribution in [0.25, 0.3) is 0 Å². The summed E-state index contributed by atoms with van der Waals surface area (Å²) in [5.41, 5.74) is 0. The van der Waals surface area contributed by atoms with Crippen LogP contribution in [0.2, 0.25) is 118 Å². The molecule has 0 saturated carbocycles. The minimum atomic E-state index is -2.30. The van der Waals surface area contributed by atoms with Crippen molar-refractivity contribution in [3.8, 4) is 0 Å². The van der Waals surface area contributed by atoms with Crippen molar-refractivity contribution in [2.45, 2.75) is 142 Å². The zero-order valence-corrected chi connectivity index (χ0v) is 33.6. The molecular formula is C24H58O8Si6. The number of rotatable bonds is 15. The smallest absolute Gasteiger partial charge is 0.323 e. The molecule has 0 spiro atoms. The summed E-state index contributed by atoms with van der Waals surface area (Å²) in [6.45, 7) is 36.2. The summed E-state index contributed by atoms with van der Waals surface area (Å²) in [5, 5.41) is 0. The van der Waals surface area contributed by atoms with Crippen LogP contribution >= 0.6 is 0 Å². The predicted molar refractivity (Wildman–Crippen MR) is 172 cm³/mol. The van der Waals surface area contributed by atoms with Crippen LogP contribution in [0.4, 0.5) is 0 Å². The number of hydrogen-bond donors (Lipinski definition) is 0. The summed E-state index contributed by atoms with van der Waals surface area (Å²) in [5.74, 6) is -0.936. The zero-order chi connectivity index (χ0) is 30.7. The van der Waals surface area contributed by atoms with Crippen LogP contribution in [-0.2, 0) is 36.1 Å². The van der Waals surface area contributed by atoms with Crippen molar-refractivity contribution < 1.29 is 36.1 Å². The second-order valence-corrected chi connectivity index (χ2v) is 42.5. The number of hydrogen-bond acceptors (Lipinski definition) is 8. The average molecular weight is 643 g/mol. The Balaban J connectivity index is 7.27. The molecule has 14 heteroatoms. The van der Waals surface area contributed by atoms with Gasteiger partial charge in [0.1, 0.15) is 12.2 Å². The molecule has 0 bridgehead atoms. The van der Waals surface area contributed by atoms with Crippen molar-refractivity contribution >= 4 is 61.8 Å². The summed E-state index contributed by atoms with van der Waals surface area (Å²) in [6.07, 6.45) is -3.93. The number of carbonyl (C=O) groups is 2. The van der Waals surface area contributed by atoms with Crippen molar-refractivity contribution in [3.63, 3.8) is 0 Å². The second kappa shape index (κ2) is 13.4. The SMILES string of the molecule is C[Si](C)(C)OC(=O)[C@@H](O[Si](C)(C)C)[C@@H](O[Si](C)(C)C)[C@H](O[Si](C)(C)C)[C@@H](O[Si](C)(C)C)C(=O)O[Si](C)(C)C. The first kappa shape index (κ1) is 38.1. The molecule has 0 aromatic rings. The van der Waals surface area contributed by atoms with E-state index in [0.717, 1.165) is 0 Å². The lowest BCUT2D eigenvalue weighted by Crippen LogP contribution is -2.62. The normalized spacial score (nSPS) is 17.4. The summed E-state index contributed by atoms with van der Waals surface area (Å²) < 4.78 is 38.6. The minimum Gasteiger partial charge on any atom is -0.518 e. The lowest BCUT2D eigenvalue weighted by molar-refractivity contribution is -0.164. The largest absolute Gasteiger partial charge is 0.518 e. The van der Waals surface area contributed by atoms with Crippen LogP contribution in [0.1, 0.15) is 0 Å². The summed E-state index contributed by atoms with van der Waals surface area (Å²) in [6, 6.07) is 0. The predicted octanol–water partition coefficient (Wildman–Crippen LogP) is 6.62. The first-order chi connectivity index (χ1) is 16.4. The van der Waals surface area contributed by atoms with Gasteiger partial charge in [-0.15, -0.1) is 0 Å². The van der Waals surface area contributed by atoms with Gasteiger partial charge in [0.2, 0.25) is 16.6 Å². The lowest BCUT2D eigenvalue weighted by atomic mass is 10.0. The van der Waals surface area contributed by atoms with Gasteiger partial charge in [0.05, 0.1) is 0 Å². The van der Waals surface area contributed by atoms with E-state index >= 15 is 0 Å². The van der Waals surface area contributed by atoms with Gasteiger partial charge in [-0.05, 0) is 118 Å². The van der Waals surface area contributed by atoms with Gasteiger partial charge in [-0.25, -0.2) is 0 Å². The van der Waals surface area contributed by atoms with E-state index in [9.17, 15) is 9.59 Å². The second-order valence-electron chi connectivity index (χ2n) is 15.8. The number of carbonyl (C=O) groups excluding carboxylic acids is 2. The molecule has 0 aliphatic rings. The van der Waals surface area contributed by atoms with Crippen molar-refractivity contribution in [2.24, 2.45) is 0 Å². The highest BCUT2D eigenvalue weighted by Crippen LogP contribution is 2.30. The van der Waals surface area contributed by atoms with Crippen molar-refractivity contribution in [1.82, 2.24) is 0 Å². The summed E-state index contributed by atoms with van der Waals surface area (Å²) in [7, 11) is -13.7. The topological polar surface area (TPSA) is 89.5 Å². The third-order valence-electron chi connectivity index (χ3n) is 4.14. The molecule has 0 rings (SSSR count). The van der Waals surface area contributed by atoms with Crippen LogP contribution in [0.3, 0.4) is 0 Å². The Morgan fingerprint density at radius 2 is 0.579 bits per heavy atom. The molecule has 0 fully saturated rings. The molecule has 0 heterocycles. The average Bonchev–Trinajstić information content (AvgIpc) is 2.54. The van der Waals surface area contributed by atoms with Gasteiger partial charge >= 0.3 is 11.9 Å². The molecule has 0 N–H and O–H groups in total. The summed E-state index contributed by atoms with van der Waals surface area (Å²) >= 11 is 0. The molecule has 0 radical (unpaired) electrons. The third-order valence-corrected chi connectivity index (χ3v) is 9.65. The van der Waals surface area contributed by atoms with Gasteiger partial charge in [-0.2, -0.15) is 0 Å². The minimum absolute atomic E-state index is 0.468. The van der Waals surface area contributed by atoms with E-state index in [0.29, 0.717) is 0 Å². The Kier molecular flexibility index (Phi) is 13.4. The maximum absolute atomic E-state index is 13.8. The molecule has 0 aromatic heterocycles. The van der Waals surface area contributed by atoms with Gasteiger partial charge < -0.3 is 26.6 Å². The van der Waals surface area contributed by atoms with E-state index in [1.165, 1.54) is 0 Å². The summed E-state index contributed by atoms with van der Waals surface area (Å²) in [4.78, 5) is 27.6. The lowest BCUT2D eigenvalue weighted by Gasteiger charge is -2.44. The van der Waals surface area contributed by atoms with Gasteiger partial charge in [0, 0.05) is 0 Å². The molecule has 4 atom stereocenters. The Bertz CT molecular complexity index is 717. The zero-order valence-electron chi connectivity index (χ0n) is 27.6. The van der Waals surface area contributed by atoms with E-state index in [2.05, 4.69) is 39.3 Å². The van der Waals surface area contributed by atoms with E-state index in [-0.39, 0.29) is 0 Å². The van der Waals surface area contributed by atoms with E-state index in [1.807, 2.05) is 78.6 Å². The molecule has 0 amide bonds. The fourth-order valence-corrected chi connectivity index (χ4v) is 8.97. The van der Waals surface area contributed by atoms with E-state index in [4.69, 9.17) is 26.6 Å². The molecule has 226 valence electrons. The fraction of sp³-hybridized carbons (Fsp3) is 0.917. The van der Waals surface area contributed by atoms with Crippen molar-refractivity contribution in [3.05, 3.63) is 0 Å². The molecular weight excluding hydrogens is 585 g/mol. The van der Waals surface area contributed by atoms with Crippen LogP contribution < -0.4 is 0 Å². The molecule has 0 aliphatic carbocycles. The van der Waals surface area contributed by atoms with E-state index in [1.54, 1.807) is 0 Å². The third kappa shape index (κ3) is 17.7. The Morgan fingerprint density at radius 1 is 0.368 bits per heavy atom. The first-order valence-corrected chi connectivity index (χ1v) is 34.0. The highest BCUT2D eigenvalue weighted by Gasteiger charge is 2.51. The molecule has 0 saturated heterocycles. The first-order valence-electron chi connectivity index (χ1n) is 13.6. The molecule has 0 unspecified atom stereocenters. The van der Waals surface area contributed by atoms with Crippen molar-refractivity contribution in [1.29, 1.82) is 0 Å². The van der Waals surface area contributed by atoms with Gasteiger partial charge in [-0.1, -0.05) is 0 Å². The van der Waals surface area contributed by atoms with Crippen LogP contribution in [0, 0.1) is 0 Å². The molecule has 38 heavy (non-hydrogen) atoms. The van der Waals surface area contributed by atoms with Crippen molar-refractivity contribution in [2.75, 3.05) is 0 Å². The van der Waals surface area contributed by atoms with Crippen LogP contribution in [0.5, 0.6) is 0 Å².